The van der Waals surface area contributed by atoms with Crippen molar-refractivity contribution in [3.63, 3.8) is 0 Å². The van der Waals surface area contributed by atoms with E-state index in [1.807, 2.05) is 26.0 Å². The lowest BCUT2D eigenvalue weighted by Crippen LogP contribution is -2.25. The predicted molar refractivity (Wildman–Crippen MR) is 71.2 cm³/mol. The van der Waals surface area contributed by atoms with Crippen LogP contribution in [0.2, 0.25) is 0 Å². The minimum atomic E-state index is -0.467. The first-order valence-electron chi connectivity index (χ1n) is 6.19. The Morgan fingerprint density at radius 2 is 1.59 bits per heavy atom. The van der Waals surface area contributed by atoms with Crippen LogP contribution >= 0.6 is 0 Å². The van der Waals surface area contributed by atoms with Crippen molar-refractivity contribution in [1.82, 2.24) is 0 Å². The zero-order chi connectivity index (χ0) is 13.1. The molecule has 96 valence electrons. The molecule has 0 aromatic heterocycles. The van der Waals surface area contributed by atoms with E-state index in [4.69, 9.17) is 4.74 Å². The van der Waals surface area contributed by atoms with Crippen molar-refractivity contribution < 1.29 is 9.84 Å². The Kier molecular flexibility index (Phi) is 4.72. The number of benzene rings is 1. The standard InChI is InChI=1S/C15H24O2/c1-11(2)12-6-8-13(9-7-12)14(16)10-15(3,4)17-5/h6-9,11,14,16H,10H2,1-5H3. The first-order chi connectivity index (χ1) is 7.85. The number of rotatable bonds is 5. The highest BCUT2D eigenvalue weighted by molar-refractivity contribution is 5.26. The second-order valence-corrected chi connectivity index (χ2v) is 5.51. The quantitative estimate of drug-likeness (QED) is 0.845. The predicted octanol–water partition coefficient (Wildman–Crippen LogP) is 3.66. The van der Waals surface area contributed by atoms with Crippen LogP contribution in [0.25, 0.3) is 0 Å². The van der Waals surface area contributed by atoms with Crippen LogP contribution in [-0.2, 0) is 4.74 Å². The molecular weight excluding hydrogens is 212 g/mol. The Morgan fingerprint density at radius 3 is 2.00 bits per heavy atom. The number of hydrogen-bond acceptors (Lipinski definition) is 2. The molecule has 0 aliphatic heterocycles. The summed E-state index contributed by atoms with van der Waals surface area (Å²) in [6, 6.07) is 8.18. The molecule has 0 spiro atoms. The van der Waals surface area contributed by atoms with Crippen LogP contribution in [0.5, 0.6) is 0 Å². The van der Waals surface area contributed by atoms with E-state index in [-0.39, 0.29) is 5.60 Å². The molecule has 0 saturated heterocycles. The summed E-state index contributed by atoms with van der Waals surface area (Å²) in [4.78, 5) is 0. The lowest BCUT2D eigenvalue weighted by molar-refractivity contribution is -0.0201. The van der Waals surface area contributed by atoms with Gasteiger partial charge >= 0.3 is 0 Å². The third-order valence-corrected chi connectivity index (χ3v) is 3.23. The molecule has 0 fully saturated rings. The maximum atomic E-state index is 10.1. The van der Waals surface area contributed by atoms with Gasteiger partial charge in [0.15, 0.2) is 0 Å². The molecule has 17 heavy (non-hydrogen) atoms. The van der Waals surface area contributed by atoms with Gasteiger partial charge in [0.25, 0.3) is 0 Å². The second-order valence-electron chi connectivity index (χ2n) is 5.51. The maximum absolute atomic E-state index is 10.1. The molecule has 1 atom stereocenters. The minimum absolute atomic E-state index is 0.295. The average Bonchev–Trinajstić information content (AvgIpc) is 2.28. The van der Waals surface area contributed by atoms with Crippen molar-refractivity contribution in [3.05, 3.63) is 35.4 Å². The van der Waals surface area contributed by atoms with Gasteiger partial charge in [0.05, 0.1) is 11.7 Å². The van der Waals surface area contributed by atoms with Crippen LogP contribution in [-0.4, -0.2) is 17.8 Å². The molecule has 0 aliphatic carbocycles. The van der Waals surface area contributed by atoms with Crippen LogP contribution in [0.3, 0.4) is 0 Å². The van der Waals surface area contributed by atoms with E-state index >= 15 is 0 Å². The summed E-state index contributed by atoms with van der Waals surface area (Å²) in [7, 11) is 1.68. The minimum Gasteiger partial charge on any atom is -0.388 e. The van der Waals surface area contributed by atoms with Crippen LogP contribution < -0.4 is 0 Å². The van der Waals surface area contributed by atoms with Crippen LogP contribution in [0.4, 0.5) is 0 Å². The zero-order valence-corrected chi connectivity index (χ0v) is 11.5. The lowest BCUT2D eigenvalue weighted by atomic mass is 9.94. The normalized spacial score (nSPS) is 14.1. The Labute approximate surface area is 105 Å². The third kappa shape index (κ3) is 4.14. The Morgan fingerprint density at radius 1 is 1.12 bits per heavy atom. The summed E-state index contributed by atoms with van der Waals surface area (Å²) in [5.41, 5.74) is 1.96. The van der Waals surface area contributed by atoms with Crippen molar-refractivity contribution in [1.29, 1.82) is 0 Å². The first kappa shape index (κ1) is 14.2. The van der Waals surface area contributed by atoms with E-state index in [0.717, 1.165) is 5.56 Å². The van der Waals surface area contributed by atoms with Crippen LogP contribution in [0.1, 0.15) is 57.3 Å². The highest BCUT2D eigenvalue weighted by atomic mass is 16.5. The molecule has 0 bridgehead atoms. The molecule has 0 aliphatic rings. The van der Waals surface area contributed by atoms with E-state index < -0.39 is 6.10 Å². The third-order valence-electron chi connectivity index (χ3n) is 3.23. The Hall–Kier alpha value is -0.860. The monoisotopic (exact) mass is 236 g/mol. The van der Waals surface area contributed by atoms with Gasteiger partial charge in [-0.25, -0.2) is 0 Å². The molecule has 1 aromatic carbocycles. The fourth-order valence-electron chi connectivity index (χ4n) is 1.77. The first-order valence-corrected chi connectivity index (χ1v) is 6.19. The molecular formula is C15H24O2. The fraction of sp³-hybridized carbons (Fsp3) is 0.600. The summed E-state index contributed by atoms with van der Waals surface area (Å²) in [5.74, 6) is 0.525. The molecule has 0 heterocycles. The highest BCUT2D eigenvalue weighted by Gasteiger charge is 2.22. The van der Waals surface area contributed by atoms with Gasteiger partial charge in [-0.1, -0.05) is 38.1 Å². The van der Waals surface area contributed by atoms with E-state index in [1.54, 1.807) is 7.11 Å². The van der Waals surface area contributed by atoms with Crippen LogP contribution in [0.15, 0.2) is 24.3 Å². The number of aliphatic hydroxyl groups is 1. The Balaban J connectivity index is 2.73. The van der Waals surface area contributed by atoms with Crippen molar-refractivity contribution in [2.45, 2.75) is 51.7 Å². The van der Waals surface area contributed by atoms with Crippen molar-refractivity contribution >= 4 is 0 Å². The molecule has 2 heteroatoms. The zero-order valence-electron chi connectivity index (χ0n) is 11.5. The van der Waals surface area contributed by atoms with E-state index in [1.165, 1.54) is 5.56 Å². The molecule has 1 aromatic rings. The van der Waals surface area contributed by atoms with Gasteiger partial charge in [0.1, 0.15) is 0 Å². The molecule has 0 amide bonds. The summed E-state index contributed by atoms with van der Waals surface area (Å²) >= 11 is 0. The molecule has 1 N–H and O–H groups in total. The van der Waals surface area contributed by atoms with E-state index in [9.17, 15) is 5.11 Å². The number of hydrogen-bond donors (Lipinski definition) is 1. The molecule has 1 rings (SSSR count). The largest absolute Gasteiger partial charge is 0.388 e. The molecule has 0 radical (unpaired) electrons. The molecule has 2 nitrogen and oxygen atoms in total. The summed E-state index contributed by atoms with van der Waals surface area (Å²) in [5, 5.41) is 10.1. The van der Waals surface area contributed by atoms with Crippen molar-refractivity contribution in [2.24, 2.45) is 0 Å². The van der Waals surface area contributed by atoms with Gasteiger partial charge in [0.2, 0.25) is 0 Å². The highest BCUT2D eigenvalue weighted by Crippen LogP contribution is 2.26. The van der Waals surface area contributed by atoms with Crippen LogP contribution in [0, 0.1) is 0 Å². The molecule has 1 unspecified atom stereocenters. The summed E-state index contributed by atoms with van der Waals surface area (Å²) in [6.45, 7) is 8.30. The number of aliphatic hydroxyl groups excluding tert-OH is 1. The van der Waals surface area contributed by atoms with Gasteiger partial charge in [-0.3, -0.25) is 0 Å². The lowest BCUT2D eigenvalue weighted by Gasteiger charge is -2.26. The summed E-state index contributed by atoms with van der Waals surface area (Å²) < 4.78 is 5.33. The summed E-state index contributed by atoms with van der Waals surface area (Å²) in [6.07, 6.45) is 0.135. The van der Waals surface area contributed by atoms with Gasteiger partial charge in [-0.15, -0.1) is 0 Å². The second kappa shape index (κ2) is 5.65. The average molecular weight is 236 g/mol. The van der Waals surface area contributed by atoms with Crippen molar-refractivity contribution in [2.75, 3.05) is 7.11 Å². The molecule has 0 saturated carbocycles. The van der Waals surface area contributed by atoms with E-state index in [0.29, 0.717) is 12.3 Å². The maximum Gasteiger partial charge on any atom is 0.0817 e. The topological polar surface area (TPSA) is 29.5 Å². The van der Waals surface area contributed by atoms with E-state index in [2.05, 4.69) is 26.0 Å². The number of ether oxygens (including phenoxy) is 1. The van der Waals surface area contributed by atoms with Gasteiger partial charge in [0, 0.05) is 13.5 Å². The Bertz CT molecular complexity index is 338. The van der Waals surface area contributed by atoms with Gasteiger partial charge < -0.3 is 9.84 Å². The van der Waals surface area contributed by atoms with Gasteiger partial charge in [-0.05, 0) is 30.9 Å². The van der Waals surface area contributed by atoms with Crippen molar-refractivity contribution in [3.8, 4) is 0 Å². The smallest absolute Gasteiger partial charge is 0.0817 e. The number of methoxy groups -OCH3 is 1. The van der Waals surface area contributed by atoms with Gasteiger partial charge in [-0.2, -0.15) is 0 Å². The fourth-order valence-corrected chi connectivity index (χ4v) is 1.77. The SMILES string of the molecule is COC(C)(C)CC(O)c1ccc(C(C)C)cc1.